The van der Waals surface area contributed by atoms with Crippen molar-refractivity contribution in [2.75, 3.05) is 26.2 Å². The van der Waals surface area contributed by atoms with Crippen LogP contribution in [-0.2, 0) is 19.1 Å². The Balaban J connectivity index is 0.000000241. The molecular weight excluding hydrogens is 1140 g/mol. The molecule has 4 aliphatic rings. The Bertz CT molecular complexity index is 2880. The Hall–Kier alpha value is -4.53. The summed E-state index contributed by atoms with van der Waals surface area (Å²) in [5, 5.41) is 5.76. The summed E-state index contributed by atoms with van der Waals surface area (Å²) in [5.74, 6) is -0.778. The second-order valence-electron chi connectivity index (χ2n) is 28.5. The lowest BCUT2D eigenvalue weighted by Crippen LogP contribution is -2.61. The molecule has 4 heterocycles. The lowest BCUT2D eigenvalue weighted by molar-refractivity contribution is -0.138. The van der Waals surface area contributed by atoms with Crippen LogP contribution in [0.1, 0.15) is 223 Å². The van der Waals surface area contributed by atoms with Gasteiger partial charge < -0.3 is 19.3 Å². The number of hydrogen-bond donors (Lipinski definition) is 1. The summed E-state index contributed by atoms with van der Waals surface area (Å²) in [7, 11) is 0. The molecule has 3 atom stereocenters. The molecule has 0 aliphatic carbocycles. The first-order chi connectivity index (χ1) is 39.0. The highest BCUT2D eigenvalue weighted by atomic mass is 35.5. The molecule has 3 saturated heterocycles. The Morgan fingerprint density at radius 3 is 1.33 bits per heavy atom. The molecule has 4 aliphatic heterocycles. The summed E-state index contributed by atoms with van der Waals surface area (Å²) >= 11 is 25.6. The van der Waals surface area contributed by atoms with Crippen LogP contribution in [0.15, 0.2) is 89.9 Å². The van der Waals surface area contributed by atoms with E-state index in [1.165, 1.54) is 0 Å². The van der Waals surface area contributed by atoms with Gasteiger partial charge in [-0.1, -0.05) is 112 Å². The fraction of sp³-hybridized carbons (Fsp3) is 0.574. The number of piperidine rings is 2. The predicted octanol–water partition coefficient (Wildman–Crippen LogP) is 16.5. The molecule has 12 nitrogen and oxygen atoms in total. The minimum absolute atomic E-state index is 0.0220. The number of carbonyl (C=O) groups is 4. The number of hydrogen-bond acceptors (Lipinski definition) is 10. The number of esters is 2. The highest BCUT2D eigenvalue weighted by Gasteiger charge is 2.56. The average Bonchev–Trinajstić information content (AvgIpc) is 1.82. The molecule has 84 heavy (non-hydrogen) atoms. The standard InChI is InChI=1S/C34H47Cl2N3O3.C34H45Cl2N3O3/c2*1-22(2)42-31(41)24-11-9-23(10-12-24)28(13-14-32(3,4)5)39-30(40)29(25-19-26(35)21-27(36)20-25)37-34(39)15-17-38(18-16-34)33(6,7)8/h9-12,19-22,28-29,37H,13-18H2,1-8H3;9-12,19-22,28H,13-18H2,1-8H3/t28-,29?;28-/m11/s1. The minimum atomic E-state index is -0.694. The van der Waals surface area contributed by atoms with Gasteiger partial charge in [0, 0.05) is 75.8 Å². The van der Waals surface area contributed by atoms with Crippen molar-refractivity contribution in [3.05, 3.63) is 138 Å². The highest BCUT2D eigenvalue weighted by Crippen LogP contribution is 2.48. The first-order valence-corrected chi connectivity index (χ1v) is 31.6. The molecule has 0 radical (unpaired) electrons. The van der Waals surface area contributed by atoms with Crippen molar-refractivity contribution in [1.82, 2.24) is 24.9 Å². The van der Waals surface area contributed by atoms with E-state index in [4.69, 9.17) is 60.9 Å². The number of carbonyl (C=O) groups excluding carboxylic acids is 4. The maximum absolute atomic E-state index is 14.6. The van der Waals surface area contributed by atoms with Crippen LogP contribution in [0.2, 0.25) is 20.1 Å². The highest BCUT2D eigenvalue weighted by molar-refractivity contribution is 6.48. The fourth-order valence-electron chi connectivity index (χ4n) is 12.2. The van der Waals surface area contributed by atoms with E-state index in [0.717, 1.165) is 94.2 Å². The van der Waals surface area contributed by atoms with Crippen molar-refractivity contribution in [1.29, 1.82) is 0 Å². The van der Waals surface area contributed by atoms with Gasteiger partial charge in [-0.2, -0.15) is 0 Å². The molecule has 2 amide bonds. The van der Waals surface area contributed by atoms with Crippen molar-refractivity contribution < 1.29 is 28.7 Å². The van der Waals surface area contributed by atoms with Crippen molar-refractivity contribution in [2.24, 2.45) is 15.8 Å². The average molecular weight is 1230 g/mol. The summed E-state index contributed by atoms with van der Waals surface area (Å²) in [6.45, 7) is 37.5. The van der Waals surface area contributed by atoms with Crippen molar-refractivity contribution in [2.45, 2.75) is 215 Å². The fourth-order valence-corrected chi connectivity index (χ4v) is 13.3. The third-order valence-corrected chi connectivity index (χ3v) is 17.5. The van der Waals surface area contributed by atoms with E-state index < -0.39 is 17.4 Å². The monoisotopic (exact) mass is 1230 g/mol. The molecule has 458 valence electrons. The van der Waals surface area contributed by atoms with Crippen LogP contribution in [0.4, 0.5) is 0 Å². The van der Waals surface area contributed by atoms with Gasteiger partial charge in [0.2, 0.25) is 5.91 Å². The number of rotatable bonds is 14. The molecule has 4 aromatic carbocycles. The molecular formula is C68H92Cl4N6O6. The van der Waals surface area contributed by atoms with E-state index >= 15 is 0 Å². The lowest BCUT2D eigenvalue weighted by Gasteiger charge is -2.50. The van der Waals surface area contributed by atoms with E-state index in [-0.39, 0.29) is 70.0 Å². The second kappa shape index (κ2) is 26.4. The normalized spacial score (nSPS) is 19.5. The van der Waals surface area contributed by atoms with Gasteiger partial charge in [-0.15, -0.1) is 0 Å². The molecule has 0 aromatic heterocycles. The zero-order chi connectivity index (χ0) is 62.1. The van der Waals surface area contributed by atoms with E-state index in [9.17, 15) is 19.2 Å². The van der Waals surface area contributed by atoms with Crippen molar-refractivity contribution in [3.8, 4) is 0 Å². The number of aliphatic imine (C=N–C) groups is 1. The maximum Gasteiger partial charge on any atom is 0.338 e. The van der Waals surface area contributed by atoms with Crippen LogP contribution in [0.25, 0.3) is 0 Å². The summed E-state index contributed by atoms with van der Waals surface area (Å²) < 4.78 is 10.8. The largest absolute Gasteiger partial charge is 0.459 e. The maximum atomic E-state index is 14.6. The van der Waals surface area contributed by atoms with Gasteiger partial charge >= 0.3 is 11.9 Å². The van der Waals surface area contributed by atoms with Crippen LogP contribution in [-0.4, -0.2) is 110 Å². The molecule has 1 unspecified atom stereocenters. The molecule has 4 aromatic rings. The molecule has 1 N–H and O–H groups in total. The number of halogens is 4. The van der Waals surface area contributed by atoms with E-state index in [2.05, 4.69) is 103 Å². The number of ether oxygens (including phenoxy) is 2. The summed E-state index contributed by atoms with van der Waals surface area (Å²) in [6.07, 6.45) is 6.02. The zero-order valence-electron chi connectivity index (χ0n) is 52.7. The SMILES string of the molecule is CC(C)OC(=O)c1ccc([C@@H](CCC(C)(C)C)N2C(=O)C(c3cc(Cl)cc(Cl)c3)=NC23CCN(C(C)(C)C)CC3)cc1.CC(C)OC(=O)c1ccc([C@@H](CCC(C)(C)C)N2C(=O)C(c3cc(Cl)cc(Cl)c3)NC23CCN(C(C)(C)C)CC3)cc1. The molecule has 3 fully saturated rings. The molecule has 8 rings (SSSR count). The van der Waals surface area contributed by atoms with Gasteiger partial charge in [-0.3, -0.25) is 29.7 Å². The predicted molar refractivity (Wildman–Crippen MR) is 342 cm³/mol. The number of nitrogens with one attached hydrogen (secondary N) is 1. The Kier molecular flexibility index (Phi) is 21.1. The smallest absolute Gasteiger partial charge is 0.338 e. The van der Waals surface area contributed by atoms with Gasteiger partial charge in [0.1, 0.15) is 17.4 Å². The Labute approximate surface area is 521 Å². The number of amides is 2. The Morgan fingerprint density at radius 1 is 0.571 bits per heavy atom. The van der Waals surface area contributed by atoms with E-state index in [0.29, 0.717) is 42.5 Å². The second-order valence-corrected chi connectivity index (χ2v) is 30.2. The zero-order valence-corrected chi connectivity index (χ0v) is 55.7. The van der Waals surface area contributed by atoms with E-state index in [1.54, 1.807) is 36.4 Å². The van der Waals surface area contributed by atoms with Gasteiger partial charge in [-0.05, 0) is 196 Å². The third kappa shape index (κ3) is 16.5. The van der Waals surface area contributed by atoms with Gasteiger partial charge in [-0.25, -0.2) is 9.59 Å². The van der Waals surface area contributed by atoms with Crippen molar-refractivity contribution >= 4 is 75.9 Å². The summed E-state index contributed by atoms with van der Waals surface area (Å²) in [4.78, 5) is 68.7. The Morgan fingerprint density at radius 2 is 0.952 bits per heavy atom. The quantitative estimate of drug-likeness (QED) is 0.123. The van der Waals surface area contributed by atoms with E-state index in [1.807, 2.05) is 81.1 Å². The van der Waals surface area contributed by atoms with Gasteiger partial charge in [0.25, 0.3) is 5.91 Å². The molecule has 16 heteroatoms. The molecule has 0 saturated carbocycles. The van der Waals surface area contributed by atoms with Crippen LogP contribution in [0, 0.1) is 10.8 Å². The van der Waals surface area contributed by atoms with Gasteiger partial charge in [0.15, 0.2) is 0 Å². The first kappa shape index (κ1) is 67.0. The van der Waals surface area contributed by atoms with Crippen molar-refractivity contribution in [3.63, 3.8) is 0 Å². The lowest BCUT2D eigenvalue weighted by atomic mass is 9.84. The number of benzene rings is 4. The van der Waals surface area contributed by atoms with Crippen LogP contribution in [0.5, 0.6) is 0 Å². The third-order valence-electron chi connectivity index (χ3n) is 16.7. The van der Waals surface area contributed by atoms with Crippen LogP contribution in [0.3, 0.4) is 0 Å². The number of nitrogens with zero attached hydrogens (tertiary/aromatic N) is 5. The van der Waals surface area contributed by atoms with Crippen LogP contribution >= 0.6 is 46.4 Å². The summed E-state index contributed by atoms with van der Waals surface area (Å²) in [5.41, 5.74) is 3.80. The summed E-state index contributed by atoms with van der Waals surface area (Å²) in [6, 6.07) is 24.7. The minimum Gasteiger partial charge on any atom is -0.459 e. The van der Waals surface area contributed by atoms with Crippen LogP contribution < -0.4 is 5.32 Å². The molecule has 2 spiro atoms. The van der Waals surface area contributed by atoms with Gasteiger partial charge in [0.05, 0.1) is 41.1 Å². The number of likely N-dealkylation sites (tertiary alicyclic amines) is 2. The topological polar surface area (TPSA) is 124 Å². The first-order valence-electron chi connectivity index (χ1n) is 30.1. The molecule has 0 bridgehead atoms.